The molecule has 2 aliphatic heterocycles. The van der Waals surface area contributed by atoms with Crippen molar-refractivity contribution in [1.29, 1.82) is 0 Å². The Morgan fingerprint density at radius 1 is 1.33 bits per heavy atom. The minimum Gasteiger partial charge on any atom is -0.492 e. The molecular formula is C22H34ClN3O6S. The molecule has 8 unspecified atom stereocenters. The summed E-state index contributed by atoms with van der Waals surface area (Å²) in [6.45, 7) is 2.92. The molecule has 11 heteroatoms. The molecule has 1 amide bonds. The van der Waals surface area contributed by atoms with E-state index in [1.165, 1.54) is 11.8 Å². The number of amides is 1. The highest BCUT2D eigenvalue weighted by atomic mass is 35.5. The minimum atomic E-state index is -1.40. The molecule has 2 saturated heterocycles. The van der Waals surface area contributed by atoms with E-state index >= 15 is 0 Å². The lowest BCUT2D eigenvalue weighted by atomic mass is 9.92. The summed E-state index contributed by atoms with van der Waals surface area (Å²) in [5, 5.41) is 36.5. The van der Waals surface area contributed by atoms with Crippen molar-refractivity contribution < 1.29 is 29.6 Å². The van der Waals surface area contributed by atoms with Gasteiger partial charge in [-0.25, -0.2) is 0 Å². The Hall–Kier alpha value is -1.14. The van der Waals surface area contributed by atoms with E-state index in [1.807, 2.05) is 12.1 Å². The van der Waals surface area contributed by atoms with E-state index in [2.05, 4.69) is 15.6 Å². The second kappa shape index (κ2) is 12.5. The molecule has 5 N–H and O–H groups in total. The molecule has 9 atom stereocenters. The number of aliphatic hydroxyl groups is 3. The van der Waals surface area contributed by atoms with Crippen LogP contribution in [-0.4, -0.2) is 92.9 Å². The van der Waals surface area contributed by atoms with E-state index in [9.17, 15) is 20.1 Å². The Labute approximate surface area is 203 Å². The van der Waals surface area contributed by atoms with E-state index in [-0.39, 0.29) is 5.91 Å². The number of nitrogens with zero attached hydrogens (tertiary/aromatic N) is 1. The molecule has 186 valence electrons. The van der Waals surface area contributed by atoms with Crippen LogP contribution in [0.4, 0.5) is 0 Å². The Balaban J connectivity index is 1.56. The molecule has 0 spiro atoms. The van der Waals surface area contributed by atoms with Crippen molar-refractivity contribution >= 4 is 29.3 Å². The Bertz CT molecular complexity index is 746. The molecule has 0 bridgehead atoms. The summed E-state index contributed by atoms with van der Waals surface area (Å²) in [6.07, 6.45) is 2.46. The van der Waals surface area contributed by atoms with Crippen LogP contribution in [0, 0.1) is 5.92 Å². The number of hydrogen-bond donors (Lipinski definition) is 5. The van der Waals surface area contributed by atoms with Crippen molar-refractivity contribution in [3.63, 3.8) is 0 Å². The third-order valence-electron chi connectivity index (χ3n) is 6.24. The van der Waals surface area contributed by atoms with Crippen LogP contribution in [0.2, 0.25) is 0 Å². The quantitative estimate of drug-likeness (QED) is 0.321. The van der Waals surface area contributed by atoms with Crippen LogP contribution in [0.15, 0.2) is 24.5 Å². The zero-order valence-corrected chi connectivity index (χ0v) is 20.4. The van der Waals surface area contributed by atoms with Crippen molar-refractivity contribution in [3.8, 4) is 5.75 Å². The van der Waals surface area contributed by atoms with E-state index in [0.717, 1.165) is 18.6 Å². The number of thioether (sulfide) groups is 1. The van der Waals surface area contributed by atoms with Crippen LogP contribution < -0.4 is 15.4 Å². The van der Waals surface area contributed by atoms with Crippen molar-refractivity contribution in [2.45, 2.75) is 73.5 Å². The molecule has 3 heterocycles. The van der Waals surface area contributed by atoms with Gasteiger partial charge < -0.3 is 35.4 Å². The van der Waals surface area contributed by atoms with E-state index < -0.39 is 47.3 Å². The van der Waals surface area contributed by atoms with Crippen molar-refractivity contribution in [2.24, 2.45) is 5.92 Å². The predicted molar refractivity (Wildman–Crippen MR) is 126 cm³/mol. The smallest absolute Gasteiger partial charge is 0.237 e. The van der Waals surface area contributed by atoms with Crippen LogP contribution in [0.5, 0.6) is 5.75 Å². The summed E-state index contributed by atoms with van der Waals surface area (Å²) in [6, 6.07) is 2.53. The Morgan fingerprint density at radius 3 is 2.79 bits per heavy atom. The van der Waals surface area contributed by atoms with Crippen molar-refractivity contribution in [1.82, 2.24) is 15.6 Å². The fraction of sp³-hybridized carbons (Fsp3) is 0.727. The van der Waals surface area contributed by atoms with Gasteiger partial charge in [-0.2, -0.15) is 0 Å². The standard InChI is InChI=1S/C22H34ClN3O6S/c1-12(23)16(20-18(28)17(27)19(29)22(32-20)33-2)26-21(30)15-6-5-13(7-9-25-15)11-31-14-4-3-8-24-10-14/h3-4,8,10,12-13,15-20,22,25,27-29H,5-7,9,11H2,1-2H3,(H,26,30)/t12?,13-,15?,16?,17?,18?,19?,20?,22?/m0/s1. The number of aliphatic hydroxyl groups excluding tert-OH is 3. The highest BCUT2D eigenvalue weighted by Crippen LogP contribution is 2.30. The zero-order valence-electron chi connectivity index (χ0n) is 18.8. The molecule has 1 aromatic heterocycles. The first-order valence-corrected chi connectivity index (χ1v) is 13.0. The number of rotatable bonds is 8. The monoisotopic (exact) mass is 503 g/mol. The molecule has 33 heavy (non-hydrogen) atoms. The van der Waals surface area contributed by atoms with Gasteiger partial charge in [0.25, 0.3) is 0 Å². The number of alkyl halides is 1. The lowest BCUT2D eigenvalue weighted by molar-refractivity contribution is -0.205. The second-order valence-electron chi connectivity index (χ2n) is 8.63. The van der Waals surface area contributed by atoms with Gasteiger partial charge in [-0.3, -0.25) is 9.78 Å². The molecule has 0 aliphatic carbocycles. The number of ether oxygens (including phenoxy) is 2. The van der Waals surface area contributed by atoms with Gasteiger partial charge in [0.15, 0.2) is 0 Å². The van der Waals surface area contributed by atoms with Gasteiger partial charge in [0.05, 0.1) is 30.3 Å². The first kappa shape index (κ1) is 26.5. The number of nitrogens with one attached hydrogen (secondary N) is 2. The normalized spacial score (nSPS) is 34.7. The average Bonchev–Trinajstić information content (AvgIpc) is 3.06. The number of carbonyl (C=O) groups excluding carboxylic acids is 1. The van der Waals surface area contributed by atoms with Gasteiger partial charge >= 0.3 is 0 Å². The van der Waals surface area contributed by atoms with Crippen LogP contribution in [0.1, 0.15) is 26.2 Å². The van der Waals surface area contributed by atoms with Gasteiger partial charge in [0.2, 0.25) is 5.91 Å². The highest BCUT2D eigenvalue weighted by molar-refractivity contribution is 7.99. The van der Waals surface area contributed by atoms with Gasteiger partial charge in [-0.05, 0) is 57.0 Å². The molecular weight excluding hydrogens is 470 g/mol. The maximum Gasteiger partial charge on any atom is 0.237 e. The summed E-state index contributed by atoms with van der Waals surface area (Å²) in [5.41, 5.74) is -0.736. The van der Waals surface area contributed by atoms with E-state index in [4.69, 9.17) is 21.1 Å². The molecule has 0 saturated carbocycles. The summed E-state index contributed by atoms with van der Waals surface area (Å²) < 4.78 is 11.6. The lowest BCUT2D eigenvalue weighted by Crippen LogP contribution is -2.65. The molecule has 3 rings (SSSR count). The first-order valence-electron chi connectivity index (χ1n) is 11.2. The molecule has 2 aliphatic rings. The molecule has 2 fully saturated rings. The highest BCUT2D eigenvalue weighted by Gasteiger charge is 2.48. The predicted octanol–water partition coefficient (Wildman–Crippen LogP) is 0.501. The number of pyridine rings is 1. The fourth-order valence-electron chi connectivity index (χ4n) is 4.24. The van der Waals surface area contributed by atoms with Crippen LogP contribution in [0.25, 0.3) is 0 Å². The number of aromatic nitrogens is 1. The average molecular weight is 504 g/mol. The van der Waals surface area contributed by atoms with Gasteiger partial charge in [-0.15, -0.1) is 23.4 Å². The Morgan fingerprint density at radius 2 is 2.12 bits per heavy atom. The number of hydrogen-bond acceptors (Lipinski definition) is 9. The fourth-order valence-corrected chi connectivity index (χ4v) is 5.12. The number of halogens is 1. The largest absolute Gasteiger partial charge is 0.492 e. The van der Waals surface area contributed by atoms with E-state index in [0.29, 0.717) is 25.5 Å². The van der Waals surface area contributed by atoms with Crippen molar-refractivity contribution in [2.75, 3.05) is 19.4 Å². The van der Waals surface area contributed by atoms with Gasteiger partial charge in [0, 0.05) is 6.20 Å². The maximum atomic E-state index is 13.1. The molecule has 1 aromatic rings. The summed E-state index contributed by atoms with van der Waals surface area (Å²) in [5.74, 6) is 0.795. The van der Waals surface area contributed by atoms with Crippen LogP contribution in [-0.2, 0) is 9.53 Å². The van der Waals surface area contributed by atoms with Gasteiger partial charge in [-0.1, -0.05) is 0 Å². The summed E-state index contributed by atoms with van der Waals surface area (Å²) in [7, 11) is 0. The second-order valence-corrected chi connectivity index (χ2v) is 10.3. The third-order valence-corrected chi connectivity index (χ3v) is 7.37. The van der Waals surface area contributed by atoms with Crippen LogP contribution >= 0.6 is 23.4 Å². The minimum absolute atomic E-state index is 0.238. The third kappa shape index (κ3) is 6.94. The lowest BCUT2D eigenvalue weighted by Gasteiger charge is -2.44. The number of carbonyl (C=O) groups is 1. The maximum absolute atomic E-state index is 13.1. The van der Waals surface area contributed by atoms with E-state index in [1.54, 1.807) is 25.6 Å². The molecule has 0 radical (unpaired) electrons. The molecule has 9 nitrogen and oxygen atoms in total. The van der Waals surface area contributed by atoms with Gasteiger partial charge in [0.1, 0.15) is 35.6 Å². The van der Waals surface area contributed by atoms with Crippen molar-refractivity contribution in [3.05, 3.63) is 24.5 Å². The molecule has 0 aromatic carbocycles. The SMILES string of the molecule is CSC1OC(C(NC(=O)C2CC[C@H](COc3cccnc3)CCN2)C(C)Cl)C(O)C(O)C1O. The first-order chi connectivity index (χ1) is 15.8. The zero-order chi connectivity index (χ0) is 24.0. The topological polar surface area (TPSA) is 133 Å². The Kier molecular flexibility index (Phi) is 10.0. The summed E-state index contributed by atoms with van der Waals surface area (Å²) >= 11 is 7.57. The van der Waals surface area contributed by atoms with Crippen LogP contribution in [0.3, 0.4) is 0 Å². The summed E-state index contributed by atoms with van der Waals surface area (Å²) in [4.78, 5) is 17.1.